The second-order valence-corrected chi connectivity index (χ2v) is 5.60. The van der Waals surface area contributed by atoms with Crippen LogP contribution in [0.1, 0.15) is 17.2 Å². The fourth-order valence-corrected chi connectivity index (χ4v) is 2.62. The number of hydrogen-bond acceptors (Lipinski definition) is 3. The predicted molar refractivity (Wildman–Crippen MR) is 82.3 cm³/mol. The molecule has 1 N–H and O–H groups in total. The van der Waals surface area contributed by atoms with E-state index in [1.807, 2.05) is 36.4 Å². The number of nitrogens with zero attached hydrogens (tertiary/aromatic N) is 2. The molecule has 3 nitrogen and oxygen atoms in total. The summed E-state index contributed by atoms with van der Waals surface area (Å²) in [7, 11) is 0. The molecule has 1 unspecified atom stereocenters. The minimum Gasteiger partial charge on any atom is -0.388 e. The minimum absolute atomic E-state index is 0.540. The molecule has 0 aliphatic carbocycles. The zero-order chi connectivity index (χ0) is 13.9. The van der Waals surface area contributed by atoms with Crippen LogP contribution in [-0.4, -0.2) is 15.1 Å². The van der Waals surface area contributed by atoms with Crippen LogP contribution in [0.2, 0.25) is 0 Å². The van der Waals surface area contributed by atoms with Crippen molar-refractivity contribution in [2.45, 2.75) is 12.5 Å². The van der Waals surface area contributed by atoms with Gasteiger partial charge in [0.25, 0.3) is 0 Å². The normalized spacial score (nSPS) is 12.5. The molecule has 1 atom stereocenters. The van der Waals surface area contributed by atoms with Gasteiger partial charge in [-0.05, 0) is 51.3 Å². The maximum absolute atomic E-state index is 10.4. The van der Waals surface area contributed by atoms with E-state index in [1.54, 1.807) is 18.6 Å². The largest absolute Gasteiger partial charge is 0.388 e. The third-order valence-electron chi connectivity index (χ3n) is 3.20. The number of fused-ring (bicyclic) bond motifs is 1. The van der Waals surface area contributed by atoms with Gasteiger partial charge >= 0.3 is 0 Å². The maximum atomic E-state index is 10.4. The van der Waals surface area contributed by atoms with Crippen molar-refractivity contribution in [2.24, 2.45) is 0 Å². The third kappa shape index (κ3) is 2.86. The zero-order valence-electron chi connectivity index (χ0n) is 10.7. The van der Waals surface area contributed by atoms with Crippen LogP contribution >= 0.6 is 15.9 Å². The molecule has 0 radical (unpaired) electrons. The van der Waals surface area contributed by atoms with E-state index in [4.69, 9.17) is 0 Å². The van der Waals surface area contributed by atoms with Crippen molar-refractivity contribution in [1.82, 2.24) is 9.97 Å². The number of aliphatic hydroxyl groups is 1. The summed E-state index contributed by atoms with van der Waals surface area (Å²) in [5.41, 5.74) is 2.83. The molecular weight excluding hydrogens is 316 g/mol. The Morgan fingerprint density at radius 2 is 2.05 bits per heavy atom. The van der Waals surface area contributed by atoms with Gasteiger partial charge in [-0.25, -0.2) is 0 Å². The second-order valence-electron chi connectivity index (χ2n) is 4.69. The summed E-state index contributed by atoms with van der Waals surface area (Å²) < 4.78 is 0.921. The molecule has 20 heavy (non-hydrogen) atoms. The average molecular weight is 329 g/mol. The maximum Gasteiger partial charge on any atom is 0.0831 e. The monoisotopic (exact) mass is 328 g/mol. The Balaban J connectivity index is 1.86. The molecular formula is C16H13BrN2O. The lowest BCUT2D eigenvalue weighted by Gasteiger charge is -2.12. The standard InChI is InChI=1S/C16H13BrN2O/c17-14-6-11(9-18-10-14)7-16(20)13-3-4-15-12(8-13)2-1-5-19-15/h1-6,8-10,16,20H,7H2. The molecule has 0 aliphatic heterocycles. The Hall–Kier alpha value is -1.78. The molecule has 2 heterocycles. The van der Waals surface area contributed by atoms with Crippen molar-refractivity contribution in [1.29, 1.82) is 0 Å². The van der Waals surface area contributed by atoms with Crippen molar-refractivity contribution in [3.05, 3.63) is 70.6 Å². The quantitative estimate of drug-likeness (QED) is 0.797. The van der Waals surface area contributed by atoms with E-state index < -0.39 is 6.10 Å². The van der Waals surface area contributed by atoms with Crippen LogP contribution < -0.4 is 0 Å². The molecule has 3 rings (SSSR count). The van der Waals surface area contributed by atoms with Crippen LogP contribution in [0.15, 0.2) is 59.5 Å². The van der Waals surface area contributed by atoms with Crippen molar-refractivity contribution in [3.8, 4) is 0 Å². The smallest absolute Gasteiger partial charge is 0.0831 e. The number of rotatable bonds is 3. The number of halogens is 1. The van der Waals surface area contributed by atoms with Crippen LogP contribution in [0.3, 0.4) is 0 Å². The Kier molecular flexibility index (Phi) is 3.76. The molecule has 0 saturated heterocycles. The van der Waals surface area contributed by atoms with Crippen molar-refractivity contribution >= 4 is 26.8 Å². The van der Waals surface area contributed by atoms with Crippen LogP contribution in [0.4, 0.5) is 0 Å². The van der Waals surface area contributed by atoms with Gasteiger partial charge in [0.1, 0.15) is 0 Å². The highest BCUT2D eigenvalue weighted by atomic mass is 79.9. The van der Waals surface area contributed by atoms with Gasteiger partial charge in [-0.2, -0.15) is 0 Å². The van der Waals surface area contributed by atoms with Gasteiger partial charge < -0.3 is 5.11 Å². The summed E-state index contributed by atoms with van der Waals surface area (Å²) >= 11 is 3.39. The van der Waals surface area contributed by atoms with Crippen LogP contribution in [0, 0.1) is 0 Å². The summed E-state index contributed by atoms with van der Waals surface area (Å²) in [5.74, 6) is 0. The molecule has 1 aromatic carbocycles. The van der Waals surface area contributed by atoms with Crippen LogP contribution in [-0.2, 0) is 6.42 Å². The van der Waals surface area contributed by atoms with Crippen LogP contribution in [0.5, 0.6) is 0 Å². The lowest BCUT2D eigenvalue weighted by Crippen LogP contribution is -2.02. The van der Waals surface area contributed by atoms with E-state index in [-0.39, 0.29) is 0 Å². The summed E-state index contributed by atoms with van der Waals surface area (Å²) in [6, 6.07) is 11.7. The second kappa shape index (κ2) is 5.69. The summed E-state index contributed by atoms with van der Waals surface area (Å²) in [4.78, 5) is 8.39. The van der Waals surface area contributed by atoms with E-state index >= 15 is 0 Å². The lowest BCUT2D eigenvalue weighted by atomic mass is 10.0. The van der Waals surface area contributed by atoms with Crippen molar-refractivity contribution in [3.63, 3.8) is 0 Å². The van der Waals surface area contributed by atoms with Crippen molar-refractivity contribution in [2.75, 3.05) is 0 Å². The van der Waals surface area contributed by atoms with Gasteiger partial charge in [-0.15, -0.1) is 0 Å². The fraction of sp³-hybridized carbons (Fsp3) is 0.125. The number of pyridine rings is 2. The molecule has 0 saturated carbocycles. The zero-order valence-corrected chi connectivity index (χ0v) is 12.3. The number of benzene rings is 1. The molecule has 2 aromatic heterocycles. The minimum atomic E-state index is -0.546. The molecule has 0 amide bonds. The average Bonchev–Trinajstić information content (AvgIpc) is 2.47. The molecule has 0 bridgehead atoms. The topological polar surface area (TPSA) is 46.0 Å². The molecule has 100 valence electrons. The Morgan fingerprint density at radius 3 is 2.90 bits per heavy atom. The highest BCUT2D eigenvalue weighted by Crippen LogP contribution is 2.22. The van der Waals surface area contributed by atoms with E-state index in [1.165, 1.54) is 0 Å². The first-order chi connectivity index (χ1) is 9.72. The molecule has 0 aliphatic rings. The number of aliphatic hydroxyl groups excluding tert-OH is 1. The van der Waals surface area contributed by atoms with E-state index in [0.29, 0.717) is 6.42 Å². The third-order valence-corrected chi connectivity index (χ3v) is 3.64. The van der Waals surface area contributed by atoms with Gasteiger partial charge in [0.05, 0.1) is 11.6 Å². The van der Waals surface area contributed by atoms with Crippen molar-refractivity contribution < 1.29 is 5.11 Å². The highest BCUT2D eigenvalue weighted by Gasteiger charge is 2.10. The Labute approximate surface area is 125 Å². The summed E-state index contributed by atoms with van der Waals surface area (Å²) in [5, 5.41) is 11.4. The predicted octanol–water partition coefficient (Wildman–Crippen LogP) is 3.67. The summed E-state index contributed by atoms with van der Waals surface area (Å²) in [6.07, 6.45) is 5.27. The molecule has 4 heteroatoms. The summed E-state index contributed by atoms with van der Waals surface area (Å²) in [6.45, 7) is 0. The number of aromatic nitrogens is 2. The SMILES string of the molecule is OC(Cc1cncc(Br)c1)c1ccc2ncccc2c1. The van der Waals surface area contributed by atoms with Gasteiger partial charge in [-0.3, -0.25) is 9.97 Å². The van der Waals surface area contributed by atoms with Gasteiger partial charge in [-0.1, -0.05) is 12.1 Å². The fourth-order valence-electron chi connectivity index (χ4n) is 2.21. The molecule has 3 aromatic rings. The molecule has 0 fully saturated rings. The molecule has 0 spiro atoms. The van der Waals surface area contributed by atoms with Gasteiger partial charge in [0.15, 0.2) is 0 Å². The van der Waals surface area contributed by atoms with Gasteiger partial charge in [0, 0.05) is 34.9 Å². The van der Waals surface area contributed by atoms with Crippen LogP contribution in [0.25, 0.3) is 10.9 Å². The first kappa shape index (κ1) is 13.2. The Morgan fingerprint density at radius 1 is 1.15 bits per heavy atom. The number of hydrogen-bond donors (Lipinski definition) is 1. The Bertz CT molecular complexity index is 745. The highest BCUT2D eigenvalue weighted by molar-refractivity contribution is 9.10. The van der Waals surface area contributed by atoms with E-state index in [0.717, 1.165) is 26.5 Å². The van der Waals surface area contributed by atoms with Gasteiger partial charge in [0.2, 0.25) is 0 Å². The first-order valence-corrected chi connectivity index (χ1v) is 7.14. The lowest BCUT2D eigenvalue weighted by molar-refractivity contribution is 0.178. The van der Waals surface area contributed by atoms with E-state index in [9.17, 15) is 5.11 Å². The first-order valence-electron chi connectivity index (χ1n) is 6.34. The van der Waals surface area contributed by atoms with E-state index in [2.05, 4.69) is 25.9 Å².